The Morgan fingerprint density at radius 1 is 1.04 bits per heavy atom. The fraction of sp³-hybridized carbons (Fsp3) is 0.435. The maximum absolute atomic E-state index is 12.8. The van der Waals surface area contributed by atoms with Crippen LogP contribution in [0.1, 0.15) is 24.5 Å². The summed E-state index contributed by atoms with van der Waals surface area (Å²) < 4.78 is 5.49. The molecule has 0 saturated carbocycles. The Morgan fingerprint density at radius 3 is 2.57 bits per heavy atom. The van der Waals surface area contributed by atoms with Crippen LogP contribution in [0.5, 0.6) is 5.75 Å². The van der Waals surface area contributed by atoms with Crippen molar-refractivity contribution in [1.29, 1.82) is 0 Å². The second-order valence-corrected chi connectivity index (χ2v) is 7.70. The van der Waals surface area contributed by atoms with Gasteiger partial charge in [0.1, 0.15) is 5.75 Å². The first-order valence-electron chi connectivity index (χ1n) is 10.2. The lowest BCUT2D eigenvalue weighted by Gasteiger charge is -2.38. The summed E-state index contributed by atoms with van der Waals surface area (Å²) in [6.45, 7) is 5.49. The molecule has 1 fully saturated rings. The molecule has 2 aromatic carbocycles. The minimum atomic E-state index is -0.145. The number of carbonyl (C=O) groups is 1. The van der Waals surface area contributed by atoms with Gasteiger partial charge in [0.05, 0.1) is 18.8 Å². The Balaban J connectivity index is 1.34. The van der Waals surface area contributed by atoms with Crippen LogP contribution >= 0.6 is 0 Å². The van der Waals surface area contributed by atoms with E-state index in [0.29, 0.717) is 0 Å². The Morgan fingerprint density at radius 2 is 1.79 bits per heavy atom. The molecule has 0 bridgehead atoms. The first-order valence-corrected chi connectivity index (χ1v) is 10.2. The molecule has 1 N–H and O–H groups in total. The van der Waals surface area contributed by atoms with Crippen molar-refractivity contribution in [3.63, 3.8) is 0 Å². The quantitative estimate of drug-likeness (QED) is 0.866. The van der Waals surface area contributed by atoms with Crippen molar-refractivity contribution < 1.29 is 9.53 Å². The molecule has 1 aliphatic heterocycles. The molecule has 148 valence electrons. The molecule has 0 spiro atoms. The van der Waals surface area contributed by atoms with Gasteiger partial charge in [0.25, 0.3) is 0 Å². The molecule has 4 rings (SSSR count). The van der Waals surface area contributed by atoms with Gasteiger partial charge in [-0.1, -0.05) is 18.2 Å². The van der Waals surface area contributed by atoms with Crippen LogP contribution in [-0.2, 0) is 17.6 Å². The molecule has 1 saturated heterocycles. The van der Waals surface area contributed by atoms with Crippen LogP contribution < -0.4 is 15.0 Å². The molecular weight excluding hydrogens is 350 g/mol. The molecule has 5 heteroatoms. The monoisotopic (exact) mass is 379 g/mol. The summed E-state index contributed by atoms with van der Waals surface area (Å²) in [6.07, 6.45) is 3.51. The van der Waals surface area contributed by atoms with Gasteiger partial charge >= 0.3 is 0 Å². The maximum Gasteiger partial charge on any atom is 0.241 e. The van der Waals surface area contributed by atoms with E-state index in [1.54, 1.807) is 7.11 Å². The molecule has 2 aliphatic rings. The number of anilines is 2. The highest BCUT2D eigenvalue weighted by atomic mass is 16.5. The molecular formula is C23H29N3O2. The number of ether oxygens (including phenoxy) is 1. The first-order chi connectivity index (χ1) is 13.7. The number of aryl methyl sites for hydroxylation is 2. The summed E-state index contributed by atoms with van der Waals surface area (Å²) in [5, 5.41) is 3.12. The fourth-order valence-electron chi connectivity index (χ4n) is 4.30. The molecule has 28 heavy (non-hydrogen) atoms. The summed E-state index contributed by atoms with van der Waals surface area (Å²) in [5.74, 6) is 0.974. The summed E-state index contributed by atoms with van der Waals surface area (Å²) in [5.41, 5.74) is 4.86. The summed E-state index contributed by atoms with van der Waals surface area (Å²) in [4.78, 5) is 17.4. The lowest BCUT2D eigenvalue weighted by atomic mass is 10.1. The van der Waals surface area contributed by atoms with E-state index in [4.69, 9.17) is 4.74 Å². The Hall–Kier alpha value is -2.53. The van der Waals surface area contributed by atoms with Crippen molar-refractivity contribution in [2.45, 2.75) is 32.2 Å². The highest BCUT2D eigenvalue weighted by molar-refractivity contribution is 5.94. The number of benzene rings is 2. The van der Waals surface area contributed by atoms with Crippen molar-refractivity contribution in [2.75, 3.05) is 43.5 Å². The van der Waals surface area contributed by atoms with E-state index in [1.165, 1.54) is 17.5 Å². The van der Waals surface area contributed by atoms with E-state index in [-0.39, 0.29) is 11.9 Å². The lowest BCUT2D eigenvalue weighted by Crippen LogP contribution is -2.52. The van der Waals surface area contributed by atoms with E-state index < -0.39 is 0 Å². The Labute approximate surface area is 167 Å². The van der Waals surface area contributed by atoms with Gasteiger partial charge in [-0.05, 0) is 61.6 Å². The zero-order chi connectivity index (χ0) is 19.5. The number of nitrogens with one attached hydrogen (secondary N) is 1. The van der Waals surface area contributed by atoms with Gasteiger partial charge in [0.2, 0.25) is 5.91 Å². The van der Waals surface area contributed by atoms with E-state index in [9.17, 15) is 4.79 Å². The molecule has 1 atom stereocenters. The Bertz CT molecular complexity index is 843. The maximum atomic E-state index is 12.8. The van der Waals surface area contributed by atoms with E-state index in [2.05, 4.69) is 33.3 Å². The highest BCUT2D eigenvalue weighted by Crippen LogP contribution is 2.29. The predicted molar refractivity (Wildman–Crippen MR) is 113 cm³/mol. The third-order valence-electron chi connectivity index (χ3n) is 6.03. The normalized spacial score (nSPS) is 17.9. The fourth-order valence-corrected chi connectivity index (χ4v) is 4.30. The number of rotatable bonds is 5. The van der Waals surface area contributed by atoms with E-state index in [1.807, 2.05) is 31.2 Å². The van der Waals surface area contributed by atoms with Crippen LogP contribution in [0.25, 0.3) is 0 Å². The van der Waals surface area contributed by atoms with Gasteiger partial charge in [-0.25, -0.2) is 0 Å². The zero-order valence-corrected chi connectivity index (χ0v) is 16.8. The number of hydrogen-bond donors (Lipinski definition) is 1. The topological polar surface area (TPSA) is 44.8 Å². The van der Waals surface area contributed by atoms with Crippen molar-refractivity contribution in [3.8, 4) is 5.75 Å². The second kappa shape index (κ2) is 8.23. The molecule has 1 aliphatic carbocycles. The van der Waals surface area contributed by atoms with Gasteiger partial charge < -0.3 is 15.0 Å². The zero-order valence-electron chi connectivity index (χ0n) is 16.8. The van der Waals surface area contributed by atoms with Crippen molar-refractivity contribution in [2.24, 2.45) is 0 Å². The average Bonchev–Trinajstić information content (AvgIpc) is 3.21. The summed E-state index contributed by atoms with van der Waals surface area (Å²) in [7, 11) is 1.71. The van der Waals surface area contributed by atoms with Crippen LogP contribution in [0, 0.1) is 0 Å². The molecule has 1 amide bonds. The molecule has 2 aromatic rings. The van der Waals surface area contributed by atoms with Crippen LogP contribution in [-0.4, -0.2) is 50.1 Å². The minimum absolute atomic E-state index is 0.0729. The molecule has 0 unspecified atom stereocenters. The molecule has 0 radical (unpaired) electrons. The molecule has 0 aromatic heterocycles. The van der Waals surface area contributed by atoms with Crippen molar-refractivity contribution in [3.05, 3.63) is 53.6 Å². The van der Waals surface area contributed by atoms with Crippen LogP contribution in [0.15, 0.2) is 42.5 Å². The number of fused-ring (bicyclic) bond motifs is 1. The number of para-hydroxylation sites is 2. The van der Waals surface area contributed by atoms with E-state index in [0.717, 1.165) is 56.1 Å². The standard InChI is InChI=1S/C23H29N3O2/c1-17(23(27)24-20-11-10-18-6-5-7-19(18)16-20)25-12-14-26(15-13-25)21-8-3-4-9-22(21)28-2/h3-4,8-11,16-17H,5-7,12-15H2,1-2H3,(H,24,27)/t17-/m0/s1. The van der Waals surface area contributed by atoms with Gasteiger partial charge in [0, 0.05) is 31.9 Å². The van der Waals surface area contributed by atoms with Crippen LogP contribution in [0.2, 0.25) is 0 Å². The van der Waals surface area contributed by atoms with Gasteiger partial charge in [-0.15, -0.1) is 0 Å². The number of hydrogen-bond acceptors (Lipinski definition) is 4. The van der Waals surface area contributed by atoms with Crippen molar-refractivity contribution >= 4 is 17.3 Å². The third-order valence-corrected chi connectivity index (χ3v) is 6.03. The molecule has 5 nitrogen and oxygen atoms in total. The van der Waals surface area contributed by atoms with Crippen molar-refractivity contribution in [1.82, 2.24) is 4.90 Å². The number of methoxy groups -OCH3 is 1. The van der Waals surface area contributed by atoms with Gasteiger partial charge in [-0.2, -0.15) is 0 Å². The minimum Gasteiger partial charge on any atom is -0.495 e. The number of piperazine rings is 1. The number of carbonyl (C=O) groups excluding carboxylic acids is 1. The first kappa shape index (κ1) is 18.8. The second-order valence-electron chi connectivity index (χ2n) is 7.70. The van der Waals surface area contributed by atoms with E-state index >= 15 is 0 Å². The number of amides is 1. The predicted octanol–water partition coefficient (Wildman–Crippen LogP) is 3.33. The number of nitrogens with zero attached hydrogens (tertiary/aromatic N) is 2. The third kappa shape index (κ3) is 3.85. The van der Waals surface area contributed by atoms with Gasteiger partial charge in [0.15, 0.2) is 0 Å². The highest BCUT2D eigenvalue weighted by Gasteiger charge is 2.26. The van der Waals surface area contributed by atoms with Gasteiger partial charge in [-0.3, -0.25) is 9.69 Å². The van der Waals surface area contributed by atoms with Crippen LogP contribution in [0.4, 0.5) is 11.4 Å². The average molecular weight is 380 g/mol. The molecule has 1 heterocycles. The summed E-state index contributed by atoms with van der Waals surface area (Å²) in [6, 6.07) is 14.3. The lowest BCUT2D eigenvalue weighted by molar-refractivity contribution is -0.120. The van der Waals surface area contributed by atoms with Crippen LogP contribution in [0.3, 0.4) is 0 Å². The smallest absolute Gasteiger partial charge is 0.241 e. The Kier molecular flexibility index (Phi) is 5.53. The largest absolute Gasteiger partial charge is 0.495 e. The summed E-state index contributed by atoms with van der Waals surface area (Å²) >= 11 is 0. The SMILES string of the molecule is COc1ccccc1N1CCN([C@@H](C)C(=O)Nc2ccc3c(c2)CCC3)CC1.